The summed E-state index contributed by atoms with van der Waals surface area (Å²) in [5.41, 5.74) is 8.00. The maximum Gasteiger partial charge on any atom is 0.251 e. The number of primary amides is 1. The van der Waals surface area contributed by atoms with Crippen molar-refractivity contribution >= 4 is 18.2 Å². The number of hydrogen-bond acceptors (Lipinski definition) is 10. The van der Waals surface area contributed by atoms with Gasteiger partial charge in [0, 0.05) is 18.2 Å². The van der Waals surface area contributed by atoms with E-state index < -0.39 is 16.6 Å². The number of aromatic nitrogens is 4. The Bertz CT molecular complexity index is 1680. The summed E-state index contributed by atoms with van der Waals surface area (Å²) in [6.07, 6.45) is 6.25. The maximum atomic E-state index is 13.3. The minimum Gasteiger partial charge on any atom is -0.391 e. The smallest absolute Gasteiger partial charge is 0.251 e. The predicted molar refractivity (Wildman–Crippen MR) is 213 cm³/mol. The third-order valence-electron chi connectivity index (χ3n) is 10.1. The Hall–Kier alpha value is -4.45. The van der Waals surface area contributed by atoms with E-state index in [0.29, 0.717) is 36.2 Å². The number of allylic oxidation sites excluding steroid dienone is 4. The van der Waals surface area contributed by atoms with Gasteiger partial charge in [-0.3, -0.25) is 14.4 Å². The molecule has 2 heterocycles. The van der Waals surface area contributed by atoms with Crippen molar-refractivity contribution in [3.63, 3.8) is 0 Å². The van der Waals surface area contributed by atoms with Crippen molar-refractivity contribution in [2.75, 3.05) is 19.6 Å². The topological polar surface area (TPSA) is 223 Å². The molecule has 5 rings (SSSR count). The number of tetrazole rings is 1. The first-order chi connectivity index (χ1) is 25.8. The minimum absolute atomic E-state index is 0.0376. The number of nitrogens with two attached hydrogens (primary N) is 1. The summed E-state index contributed by atoms with van der Waals surface area (Å²) < 4.78 is 0. The second-order valence-electron chi connectivity index (χ2n) is 15.9. The lowest BCUT2D eigenvalue weighted by atomic mass is 9.69. The van der Waals surface area contributed by atoms with Crippen LogP contribution in [-0.4, -0.2) is 96.9 Å². The number of nitriles is 1. The number of rotatable bonds is 11. The summed E-state index contributed by atoms with van der Waals surface area (Å²) in [7, 11) is 0. The van der Waals surface area contributed by atoms with Crippen LogP contribution in [0.4, 0.5) is 0 Å². The molecule has 3 amide bonds. The Morgan fingerprint density at radius 2 is 1.82 bits per heavy atom. The van der Waals surface area contributed by atoms with Gasteiger partial charge in [-0.25, -0.2) is 0 Å². The second kappa shape index (κ2) is 20.5. The fourth-order valence-electron chi connectivity index (χ4n) is 7.27. The zero-order valence-electron chi connectivity index (χ0n) is 34.8. The highest BCUT2D eigenvalue weighted by Gasteiger charge is 2.60. The fourth-order valence-corrected chi connectivity index (χ4v) is 7.27. The molecular formula is C41H65N9O5. The van der Waals surface area contributed by atoms with E-state index >= 15 is 0 Å². The van der Waals surface area contributed by atoms with Crippen LogP contribution >= 0.6 is 0 Å². The lowest BCUT2D eigenvalue weighted by Crippen LogP contribution is -2.44. The predicted octanol–water partition coefficient (Wildman–Crippen LogP) is 4.25. The summed E-state index contributed by atoms with van der Waals surface area (Å²) in [4.78, 5) is 36.8. The van der Waals surface area contributed by atoms with Gasteiger partial charge in [0.15, 0.2) is 5.82 Å². The van der Waals surface area contributed by atoms with Gasteiger partial charge in [-0.15, -0.1) is 10.2 Å². The van der Waals surface area contributed by atoms with Crippen molar-refractivity contribution < 1.29 is 24.6 Å². The van der Waals surface area contributed by atoms with Crippen molar-refractivity contribution in [1.29, 1.82) is 5.26 Å². The first kappa shape index (κ1) is 46.7. The number of nitrogens with zero attached hydrogens (tertiary/aromatic N) is 5. The van der Waals surface area contributed by atoms with E-state index in [-0.39, 0.29) is 43.4 Å². The van der Waals surface area contributed by atoms with Gasteiger partial charge in [0.05, 0.1) is 29.2 Å². The summed E-state index contributed by atoms with van der Waals surface area (Å²) in [5.74, 6) is 1.15. The van der Waals surface area contributed by atoms with Crippen LogP contribution in [0.15, 0.2) is 41.0 Å². The molecule has 4 unspecified atom stereocenters. The van der Waals surface area contributed by atoms with Crippen LogP contribution in [0, 0.1) is 23.2 Å². The zero-order chi connectivity index (χ0) is 41.7. The monoisotopic (exact) mass is 764 g/mol. The van der Waals surface area contributed by atoms with E-state index in [2.05, 4.69) is 76.8 Å². The number of H-pyrrole nitrogens is 1. The van der Waals surface area contributed by atoms with Crippen molar-refractivity contribution in [3.8, 4) is 6.07 Å². The Balaban J connectivity index is 0.000000940. The average molecular weight is 764 g/mol. The number of piperidine rings is 1. The van der Waals surface area contributed by atoms with Gasteiger partial charge in [0.25, 0.3) is 5.91 Å². The first-order valence-corrected chi connectivity index (χ1v) is 19.4. The Morgan fingerprint density at radius 3 is 2.36 bits per heavy atom. The second-order valence-corrected chi connectivity index (χ2v) is 15.9. The van der Waals surface area contributed by atoms with Crippen molar-refractivity contribution in [2.45, 2.75) is 137 Å². The number of carbonyl (C=O) groups excluding carboxylic acids is 3. The average Bonchev–Trinajstić information content (AvgIpc) is 3.47. The number of amides is 3. The van der Waals surface area contributed by atoms with E-state index in [0.717, 1.165) is 42.4 Å². The minimum atomic E-state index is -1.02. The number of carbonyl (C=O) groups is 3. The van der Waals surface area contributed by atoms with E-state index in [1.807, 2.05) is 32.0 Å². The molecule has 1 aromatic heterocycles. The van der Waals surface area contributed by atoms with Crippen LogP contribution in [0.5, 0.6) is 0 Å². The Kier molecular flexibility index (Phi) is 17.4. The summed E-state index contributed by atoms with van der Waals surface area (Å²) >= 11 is 0. The Labute approximate surface area is 327 Å². The number of likely N-dealkylation sites (tertiary alicyclic amines) is 1. The molecule has 5 atom stereocenters. The van der Waals surface area contributed by atoms with E-state index in [4.69, 9.17) is 9.90 Å². The summed E-state index contributed by atoms with van der Waals surface area (Å²) in [5, 5.41) is 50.1. The van der Waals surface area contributed by atoms with Gasteiger partial charge in [0.2, 0.25) is 12.3 Å². The number of nitrogens with one attached hydrogen (secondary N) is 3. The molecule has 2 aromatic rings. The van der Waals surface area contributed by atoms with Crippen LogP contribution in [0.3, 0.4) is 0 Å². The number of aromatic amines is 1. The molecule has 14 heteroatoms. The number of aryl methyl sites for hydroxylation is 1. The van der Waals surface area contributed by atoms with Crippen molar-refractivity contribution in [3.05, 3.63) is 63.5 Å². The molecule has 0 bridgehead atoms. The van der Waals surface area contributed by atoms with Crippen LogP contribution in [0.25, 0.3) is 0 Å². The lowest BCUT2D eigenvalue weighted by Gasteiger charge is -2.34. The molecule has 0 radical (unpaired) electrons. The number of aliphatic hydroxyl groups is 2. The molecule has 7 N–H and O–H groups in total. The van der Waals surface area contributed by atoms with Gasteiger partial charge in [-0.2, -0.15) is 10.5 Å². The molecule has 0 spiro atoms. The van der Waals surface area contributed by atoms with Crippen LogP contribution in [0.2, 0.25) is 0 Å². The molecule has 1 saturated heterocycles. The fraction of sp³-hybridized carbons (Fsp3) is 0.634. The highest BCUT2D eigenvalue weighted by molar-refractivity contribution is 5.94. The Morgan fingerprint density at radius 1 is 1.18 bits per heavy atom. The summed E-state index contributed by atoms with van der Waals surface area (Å²) in [6.45, 7) is 21.9. The highest BCUT2D eigenvalue weighted by Crippen LogP contribution is 2.53. The third-order valence-corrected chi connectivity index (χ3v) is 10.1. The molecule has 1 saturated carbocycles. The van der Waals surface area contributed by atoms with Gasteiger partial charge in [0.1, 0.15) is 6.04 Å². The molecule has 2 fully saturated rings. The van der Waals surface area contributed by atoms with Crippen LogP contribution in [-0.2, 0) is 21.4 Å². The zero-order valence-corrected chi connectivity index (χ0v) is 34.8. The van der Waals surface area contributed by atoms with Crippen LogP contribution < -0.4 is 16.4 Å². The van der Waals surface area contributed by atoms with Gasteiger partial charge < -0.3 is 31.5 Å². The molecule has 1 aromatic carbocycles. The van der Waals surface area contributed by atoms with Crippen molar-refractivity contribution in [2.24, 2.45) is 17.6 Å². The van der Waals surface area contributed by atoms with Gasteiger partial charge >= 0.3 is 0 Å². The maximum absolute atomic E-state index is 13.3. The van der Waals surface area contributed by atoms with Crippen LogP contribution in [0.1, 0.15) is 129 Å². The van der Waals surface area contributed by atoms with E-state index in [1.54, 1.807) is 39.5 Å². The highest BCUT2D eigenvalue weighted by atomic mass is 16.3. The lowest BCUT2D eigenvalue weighted by molar-refractivity contribution is -0.131. The normalized spacial score (nSPS) is 22.8. The molecule has 2 aliphatic carbocycles. The molecule has 14 nitrogen and oxygen atoms in total. The number of hydrogen-bond donors (Lipinski definition) is 6. The standard InChI is InChI=1S/C34H46N8O3.C4H10O.C2H6.CH3NO/c1-7-20(2)14-23-8-9-24-15-25(31(44)37-19-33(5,6)45)10-11-28(24)34(22(23)4,32-38-40-41-39-32)12-13-36-18-29(43)42-26(17-35)16-27-21(3)30(27)42;1-4(2,3)5;1-2;2-1-3/h10-11,14-15,21,26-27,30,36,45H,7-9,12-13,16,18-19H2,1-6H3,(H,37,44)(H,38,39,40,41);5H,1-3H3;1-2H3;1H,(H2,2,3)/b20-14-;;;/t21-,26?,27?,30?,34?;;;/m0.../s1. The third kappa shape index (κ3) is 12.5. The quantitative estimate of drug-likeness (QED) is 0.141. The van der Waals surface area contributed by atoms with Crippen molar-refractivity contribution in [1.82, 2.24) is 36.2 Å². The first-order valence-electron chi connectivity index (χ1n) is 19.4. The molecule has 55 heavy (non-hydrogen) atoms. The molecule has 1 aliphatic heterocycles. The largest absolute Gasteiger partial charge is 0.391 e. The van der Waals surface area contributed by atoms with E-state index in [9.17, 15) is 20.0 Å². The summed E-state index contributed by atoms with van der Waals surface area (Å²) in [6, 6.07) is 7.90. The van der Waals surface area contributed by atoms with Gasteiger partial charge in [-0.1, -0.05) is 56.2 Å². The number of fused-ring (bicyclic) bond motifs is 2. The molecule has 304 valence electrons. The number of benzene rings is 1. The SMILES string of the molecule is CC.CC(C)(C)O.CC/C(C)=C\C1=C(C)C(CCNCC(=O)N2C(C#N)CC3C2[C@H]3C)(c2nn[nH]n2)c2ccc(C(=O)NCC(C)(C)O)cc2CC1.NC=O. The van der Waals surface area contributed by atoms with E-state index in [1.165, 1.54) is 11.1 Å². The molecular weight excluding hydrogens is 699 g/mol. The van der Waals surface area contributed by atoms with Gasteiger partial charge in [-0.05, 0) is 128 Å². The molecule has 3 aliphatic rings.